The monoisotopic (exact) mass is 627 g/mol. The van der Waals surface area contributed by atoms with E-state index in [0.29, 0.717) is 35.6 Å². The molecule has 1 aromatic heterocycles. The summed E-state index contributed by atoms with van der Waals surface area (Å²) in [6.45, 7) is 2.48. The highest BCUT2D eigenvalue weighted by Gasteiger charge is 2.73. The number of aliphatic hydroxyl groups excluding tert-OH is 2. The Bertz CT molecular complexity index is 2010. The van der Waals surface area contributed by atoms with Crippen LogP contribution in [0.2, 0.25) is 5.02 Å². The molecule has 0 radical (unpaired) electrons. The number of aldehydes is 1. The van der Waals surface area contributed by atoms with E-state index in [2.05, 4.69) is 18.0 Å². The largest absolute Gasteiger partial charge is 0.509 e. The van der Waals surface area contributed by atoms with Gasteiger partial charge in [-0.05, 0) is 68.6 Å². The van der Waals surface area contributed by atoms with Gasteiger partial charge in [-0.15, -0.1) is 0 Å². The van der Waals surface area contributed by atoms with Crippen LogP contribution in [0.25, 0.3) is 22.1 Å². The summed E-state index contributed by atoms with van der Waals surface area (Å²) in [7, 11) is 2.11. The van der Waals surface area contributed by atoms with Gasteiger partial charge in [0.05, 0.1) is 22.8 Å². The third-order valence-electron chi connectivity index (χ3n) is 10.9. The number of hydrogen-bond acceptors (Lipinski definition) is 9. The molecular weight excluding hydrogens is 598 g/mol. The zero-order valence-electron chi connectivity index (χ0n) is 24.5. The minimum Gasteiger partial charge on any atom is -0.509 e. The lowest BCUT2D eigenvalue weighted by Crippen LogP contribution is -2.62. The molecule has 8 rings (SSSR count). The molecule has 2 fully saturated rings. The van der Waals surface area contributed by atoms with E-state index in [1.807, 2.05) is 0 Å². The molecule has 3 heterocycles. The number of rotatable bonds is 4. The van der Waals surface area contributed by atoms with E-state index < -0.39 is 40.4 Å². The Hall–Kier alpha value is -4.02. The van der Waals surface area contributed by atoms with E-state index >= 15 is 0 Å². The normalized spacial score (nSPS) is 31.6. The second kappa shape index (κ2) is 9.50. The van der Waals surface area contributed by atoms with Crippen molar-refractivity contribution in [2.75, 3.05) is 13.6 Å². The average molecular weight is 628 g/mol. The number of carbonyl (C=O) groups is 2. The van der Waals surface area contributed by atoms with Crippen molar-refractivity contribution in [2.24, 2.45) is 11.3 Å². The summed E-state index contributed by atoms with van der Waals surface area (Å²) in [5, 5.41) is 33.3. The number of nitrogens with zero attached hydrogens (tertiary/aromatic N) is 1. The van der Waals surface area contributed by atoms with Crippen molar-refractivity contribution in [1.82, 2.24) is 4.90 Å². The number of benzene rings is 2. The van der Waals surface area contributed by atoms with Crippen LogP contribution in [0.4, 0.5) is 0 Å². The molecular formula is C35H30ClNO8. The lowest BCUT2D eigenvalue weighted by Gasteiger charge is -2.58. The predicted octanol–water partition coefficient (Wildman–Crippen LogP) is 5.04. The standard InChI is InChI=1S/C35H30ClNO8/c1-16-20-14-23(36)28(41)21(15-38)29(20)44-33(43)27(16)17-3-5-18(6-4-17)31(42)35-26(40)10-7-19-13-24-22-8-9-25(39)32(45-35)34(22,30(19)35)11-12-37(24)2/h3-6,8-10,14-15,22,24-25,32,39-41H,7,11-13H2,1-2H3/t22-,24+,25-,32-,34-,35?/m0/s1. The van der Waals surface area contributed by atoms with E-state index in [0.717, 1.165) is 24.1 Å². The molecule has 45 heavy (non-hydrogen) atoms. The van der Waals surface area contributed by atoms with Crippen LogP contribution in [0.3, 0.4) is 0 Å². The number of piperidine rings is 1. The molecule has 5 aliphatic rings. The summed E-state index contributed by atoms with van der Waals surface area (Å²) in [4.78, 5) is 41.8. The predicted molar refractivity (Wildman–Crippen MR) is 166 cm³/mol. The maximum Gasteiger partial charge on any atom is 0.344 e. The first kappa shape index (κ1) is 28.5. The molecule has 3 N–H and O–H groups in total. The summed E-state index contributed by atoms with van der Waals surface area (Å²) >= 11 is 6.15. The molecule has 3 aliphatic carbocycles. The molecule has 1 spiro atoms. The molecule has 6 atom stereocenters. The third kappa shape index (κ3) is 3.47. The highest BCUT2D eigenvalue weighted by Crippen LogP contribution is 2.68. The summed E-state index contributed by atoms with van der Waals surface area (Å²) in [5.74, 6) is -1.01. The van der Waals surface area contributed by atoms with Crippen LogP contribution in [0, 0.1) is 18.3 Å². The fraction of sp³-hybridized carbons (Fsp3) is 0.343. The van der Waals surface area contributed by atoms with Gasteiger partial charge < -0.3 is 29.4 Å². The van der Waals surface area contributed by atoms with Gasteiger partial charge in [-0.1, -0.05) is 53.6 Å². The first-order valence-corrected chi connectivity index (χ1v) is 15.4. The fourth-order valence-electron chi connectivity index (χ4n) is 8.90. The number of hydrogen-bond donors (Lipinski definition) is 3. The number of Topliss-reactive ketones (excluding diaryl/α,β-unsaturated/α-hetero) is 1. The number of phenols is 1. The molecule has 2 aromatic carbocycles. The number of ether oxygens (including phenoxy) is 1. The molecule has 2 bridgehead atoms. The van der Waals surface area contributed by atoms with Crippen molar-refractivity contribution in [3.8, 4) is 16.9 Å². The van der Waals surface area contributed by atoms with Gasteiger partial charge in [0.25, 0.3) is 0 Å². The quantitative estimate of drug-likeness (QED) is 0.157. The van der Waals surface area contributed by atoms with Gasteiger partial charge in [-0.25, -0.2) is 4.79 Å². The van der Waals surface area contributed by atoms with Gasteiger partial charge in [-0.2, -0.15) is 0 Å². The van der Waals surface area contributed by atoms with Crippen LogP contribution in [0.1, 0.15) is 45.5 Å². The van der Waals surface area contributed by atoms with Crippen molar-refractivity contribution in [1.29, 1.82) is 0 Å². The number of aromatic hydroxyl groups is 1. The SMILES string of the molecule is Cc1c(-c2ccc(C(=O)C34O[C@H]5[C@@H](O)C=C[C@H]6[C@H]7CC(=C3[C@]65CCN7C)CC=C4O)cc2)c(=O)oc2c(C=O)c(O)c(Cl)cc12. The van der Waals surface area contributed by atoms with Crippen LogP contribution >= 0.6 is 11.6 Å². The number of aryl methyl sites for hydroxylation is 1. The molecule has 0 amide bonds. The van der Waals surface area contributed by atoms with Gasteiger partial charge >= 0.3 is 5.63 Å². The van der Waals surface area contributed by atoms with E-state index in [-0.39, 0.29) is 45.0 Å². The van der Waals surface area contributed by atoms with Crippen LogP contribution in [-0.4, -0.2) is 69.7 Å². The number of phenolic OH excluding ortho intramolecular Hbond substituents is 1. The van der Waals surface area contributed by atoms with E-state index in [1.54, 1.807) is 43.3 Å². The lowest BCUT2D eigenvalue weighted by molar-refractivity contribution is -0.110. The Balaban J connectivity index is 1.24. The Morgan fingerprint density at radius 1 is 1.18 bits per heavy atom. The first-order chi connectivity index (χ1) is 21.5. The maximum absolute atomic E-state index is 14.6. The highest BCUT2D eigenvalue weighted by molar-refractivity contribution is 6.33. The van der Waals surface area contributed by atoms with Crippen molar-refractivity contribution >= 4 is 34.6 Å². The summed E-state index contributed by atoms with van der Waals surface area (Å²) in [6, 6.07) is 8.09. The van der Waals surface area contributed by atoms with Crippen molar-refractivity contribution in [2.45, 2.75) is 50.0 Å². The highest BCUT2D eigenvalue weighted by atomic mass is 35.5. The zero-order valence-corrected chi connectivity index (χ0v) is 25.3. The molecule has 230 valence electrons. The first-order valence-electron chi connectivity index (χ1n) is 15.0. The van der Waals surface area contributed by atoms with Gasteiger partial charge in [0, 0.05) is 28.3 Å². The molecule has 10 heteroatoms. The number of ketones is 1. The minimum atomic E-state index is -1.74. The molecule has 3 aromatic rings. The molecule has 1 unspecified atom stereocenters. The summed E-state index contributed by atoms with van der Waals surface area (Å²) < 4.78 is 12.2. The topological polar surface area (TPSA) is 138 Å². The van der Waals surface area contributed by atoms with Gasteiger partial charge in [0.1, 0.15) is 17.1 Å². The lowest BCUT2D eigenvalue weighted by atomic mass is 9.50. The van der Waals surface area contributed by atoms with Crippen molar-refractivity contribution < 1.29 is 34.1 Å². The molecule has 0 saturated carbocycles. The maximum atomic E-state index is 14.6. The summed E-state index contributed by atoms with van der Waals surface area (Å²) in [6.07, 6.45) is 6.25. The van der Waals surface area contributed by atoms with E-state index in [4.69, 9.17) is 20.8 Å². The van der Waals surface area contributed by atoms with Gasteiger partial charge in [0.2, 0.25) is 11.4 Å². The van der Waals surface area contributed by atoms with Crippen molar-refractivity contribution in [3.05, 3.63) is 97.6 Å². The molecule has 9 nitrogen and oxygen atoms in total. The van der Waals surface area contributed by atoms with Crippen LogP contribution in [-0.2, 0) is 4.74 Å². The smallest absolute Gasteiger partial charge is 0.344 e. The second-order valence-electron chi connectivity index (χ2n) is 12.8. The number of aliphatic hydroxyl groups is 2. The average Bonchev–Trinajstić information content (AvgIpc) is 3.35. The third-order valence-corrected chi connectivity index (χ3v) is 11.2. The van der Waals surface area contributed by atoms with E-state index in [1.165, 1.54) is 6.07 Å². The number of allylic oxidation sites excluding steroid dienone is 1. The Kier molecular flexibility index (Phi) is 6.00. The Morgan fingerprint density at radius 2 is 1.93 bits per heavy atom. The minimum absolute atomic E-state index is 0.0385. The van der Waals surface area contributed by atoms with Crippen LogP contribution < -0.4 is 5.63 Å². The van der Waals surface area contributed by atoms with Crippen LogP contribution in [0.5, 0.6) is 5.75 Å². The van der Waals surface area contributed by atoms with Gasteiger partial charge in [0.15, 0.2) is 11.9 Å². The van der Waals surface area contributed by atoms with Gasteiger partial charge in [-0.3, -0.25) is 9.59 Å². The molecule has 2 saturated heterocycles. The number of fused-ring (bicyclic) bond motifs is 1. The Morgan fingerprint density at radius 3 is 2.67 bits per heavy atom. The summed E-state index contributed by atoms with van der Waals surface area (Å²) in [5.41, 5.74) is -0.0121. The fourth-order valence-corrected chi connectivity index (χ4v) is 9.11. The number of halogens is 1. The number of likely N-dealkylation sites (tertiary alicyclic amines) is 1. The second-order valence-corrected chi connectivity index (χ2v) is 13.3. The van der Waals surface area contributed by atoms with E-state index in [9.17, 15) is 29.7 Å². The zero-order chi connectivity index (χ0) is 31.6. The Labute approximate surface area is 262 Å². The number of carbonyl (C=O) groups excluding carboxylic acids is 2. The molecule has 2 aliphatic heterocycles. The van der Waals surface area contributed by atoms with Crippen molar-refractivity contribution in [3.63, 3.8) is 0 Å². The van der Waals surface area contributed by atoms with Crippen LogP contribution in [0.15, 0.2) is 74.7 Å².